The second-order valence-corrected chi connectivity index (χ2v) is 10.2. The number of aryl methyl sites for hydroxylation is 2. The van der Waals surface area contributed by atoms with Crippen LogP contribution in [0.1, 0.15) is 11.1 Å². The number of anilines is 2. The molecule has 0 aliphatic carbocycles. The summed E-state index contributed by atoms with van der Waals surface area (Å²) in [6.45, 7) is 4.09. The van der Waals surface area contributed by atoms with Crippen molar-refractivity contribution in [2.45, 2.75) is 19.0 Å². The van der Waals surface area contributed by atoms with Crippen LogP contribution in [0.15, 0.2) is 76.4 Å². The fraction of sp³-hybridized carbons (Fsp3) is 0.154. The van der Waals surface area contributed by atoms with Crippen molar-refractivity contribution in [2.24, 2.45) is 0 Å². The van der Waals surface area contributed by atoms with Crippen molar-refractivity contribution in [3.63, 3.8) is 0 Å². The van der Waals surface area contributed by atoms with Gasteiger partial charge in [-0.1, -0.05) is 58.0 Å². The van der Waals surface area contributed by atoms with Gasteiger partial charge in [0.2, 0.25) is 11.8 Å². The number of carbonyl (C=O) groups excluding carboxylic acids is 2. The van der Waals surface area contributed by atoms with Crippen LogP contribution in [-0.4, -0.2) is 38.9 Å². The van der Waals surface area contributed by atoms with Gasteiger partial charge in [0.25, 0.3) is 0 Å². The molecule has 176 valence electrons. The van der Waals surface area contributed by atoms with Crippen LogP contribution in [0.5, 0.6) is 0 Å². The van der Waals surface area contributed by atoms with E-state index in [0.29, 0.717) is 22.4 Å². The number of nitrogens with one attached hydrogen (secondary N) is 1. The first-order valence-electron chi connectivity index (χ1n) is 11.0. The van der Waals surface area contributed by atoms with Crippen molar-refractivity contribution < 1.29 is 9.59 Å². The molecule has 1 aliphatic rings. The molecule has 5 rings (SSSR count). The van der Waals surface area contributed by atoms with Crippen molar-refractivity contribution in [3.8, 4) is 17.1 Å². The lowest BCUT2D eigenvalue weighted by Crippen LogP contribution is -2.43. The SMILES string of the molecule is Cc1cc(C)cc(-n2c(SCC(=O)N3CC(=O)Nc4ccccc43)nnc2-c2ccc(Br)cc2)c1. The van der Waals surface area contributed by atoms with Crippen LogP contribution in [0, 0.1) is 13.8 Å². The average molecular weight is 548 g/mol. The molecule has 2 heterocycles. The fourth-order valence-corrected chi connectivity index (χ4v) is 5.21. The highest BCUT2D eigenvalue weighted by molar-refractivity contribution is 9.10. The summed E-state index contributed by atoms with van der Waals surface area (Å²) in [6, 6.07) is 21.5. The normalized spacial score (nSPS) is 12.9. The number of amides is 2. The smallest absolute Gasteiger partial charge is 0.244 e. The second-order valence-electron chi connectivity index (χ2n) is 8.33. The lowest BCUT2D eigenvalue weighted by atomic mass is 10.1. The Hall–Kier alpha value is -3.43. The Morgan fingerprint density at radius 1 is 1.03 bits per heavy atom. The van der Waals surface area contributed by atoms with Gasteiger partial charge in [0.1, 0.15) is 6.54 Å². The van der Waals surface area contributed by atoms with Gasteiger partial charge >= 0.3 is 0 Å². The maximum absolute atomic E-state index is 13.2. The predicted octanol–water partition coefficient (Wildman–Crippen LogP) is 5.39. The van der Waals surface area contributed by atoms with Crippen LogP contribution >= 0.6 is 27.7 Å². The molecule has 4 aromatic rings. The largest absolute Gasteiger partial charge is 0.323 e. The third-order valence-corrected chi connectivity index (χ3v) is 7.04. The van der Waals surface area contributed by atoms with Crippen molar-refractivity contribution in [2.75, 3.05) is 22.5 Å². The van der Waals surface area contributed by atoms with Gasteiger partial charge in [0.15, 0.2) is 11.0 Å². The third-order valence-electron chi connectivity index (χ3n) is 5.60. The van der Waals surface area contributed by atoms with Crippen LogP contribution in [0.25, 0.3) is 17.1 Å². The van der Waals surface area contributed by atoms with Crippen LogP contribution in [0.2, 0.25) is 0 Å². The van der Waals surface area contributed by atoms with E-state index in [-0.39, 0.29) is 24.1 Å². The zero-order chi connectivity index (χ0) is 24.5. The molecule has 0 atom stereocenters. The number of halogens is 1. The molecule has 0 saturated carbocycles. The lowest BCUT2D eigenvalue weighted by molar-refractivity contribution is -0.120. The number of para-hydroxylation sites is 2. The second kappa shape index (κ2) is 9.67. The van der Waals surface area contributed by atoms with Gasteiger partial charge in [-0.05, 0) is 61.4 Å². The topological polar surface area (TPSA) is 80.1 Å². The average Bonchev–Trinajstić information content (AvgIpc) is 3.26. The summed E-state index contributed by atoms with van der Waals surface area (Å²) in [5, 5.41) is 12.3. The molecule has 0 bridgehead atoms. The van der Waals surface area contributed by atoms with Crippen LogP contribution in [0.3, 0.4) is 0 Å². The van der Waals surface area contributed by atoms with Gasteiger partial charge < -0.3 is 10.2 Å². The Labute approximate surface area is 215 Å². The molecule has 0 radical (unpaired) electrons. The Morgan fingerprint density at radius 2 is 1.74 bits per heavy atom. The van der Waals surface area contributed by atoms with Crippen LogP contribution < -0.4 is 10.2 Å². The molecule has 1 N–H and O–H groups in total. The van der Waals surface area contributed by atoms with E-state index in [4.69, 9.17) is 0 Å². The first-order chi connectivity index (χ1) is 16.9. The summed E-state index contributed by atoms with van der Waals surface area (Å²) in [5.41, 5.74) is 5.43. The minimum Gasteiger partial charge on any atom is -0.323 e. The predicted molar refractivity (Wildman–Crippen MR) is 142 cm³/mol. The van der Waals surface area contributed by atoms with E-state index in [2.05, 4.69) is 63.5 Å². The van der Waals surface area contributed by atoms with Gasteiger partial charge in [-0.2, -0.15) is 0 Å². The molecule has 0 fully saturated rings. The molecule has 0 unspecified atom stereocenters. The minimum absolute atomic E-state index is 0.00961. The van der Waals surface area contributed by atoms with Gasteiger partial charge in [-0.15, -0.1) is 10.2 Å². The van der Waals surface area contributed by atoms with E-state index in [1.54, 1.807) is 6.07 Å². The van der Waals surface area contributed by atoms with Crippen LogP contribution in [-0.2, 0) is 9.59 Å². The third kappa shape index (κ3) is 4.87. The molecule has 2 amide bonds. The summed E-state index contributed by atoms with van der Waals surface area (Å²) >= 11 is 4.79. The summed E-state index contributed by atoms with van der Waals surface area (Å²) < 4.78 is 2.96. The zero-order valence-corrected chi connectivity index (χ0v) is 21.6. The maximum atomic E-state index is 13.2. The van der Waals surface area contributed by atoms with Crippen molar-refractivity contribution in [3.05, 3.63) is 82.3 Å². The quantitative estimate of drug-likeness (QED) is 0.339. The summed E-state index contributed by atoms with van der Waals surface area (Å²) in [5.74, 6) is 0.431. The van der Waals surface area contributed by atoms with Crippen molar-refractivity contribution >= 4 is 50.9 Å². The molecule has 1 aromatic heterocycles. The molecular weight excluding hydrogens is 526 g/mol. The number of rotatable bonds is 5. The number of hydrogen-bond donors (Lipinski definition) is 1. The van der Waals surface area contributed by atoms with E-state index in [0.717, 1.165) is 26.9 Å². The summed E-state index contributed by atoms with van der Waals surface area (Å²) in [4.78, 5) is 26.9. The van der Waals surface area contributed by atoms with Crippen LogP contribution in [0.4, 0.5) is 11.4 Å². The van der Waals surface area contributed by atoms with Gasteiger partial charge in [0.05, 0.1) is 22.8 Å². The van der Waals surface area contributed by atoms with Crippen molar-refractivity contribution in [1.82, 2.24) is 14.8 Å². The van der Waals surface area contributed by atoms with Gasteiger partial charge in [-0.25, -0.2) is 0 Å². The number of aromatic nitrogens is 3. The Balaban J connectivity index is 1.48. The molecule has 3 aromatic carbocycles. The number of nitrogens with zero attached hydrogens (tertiary/aromatic N) is 4. The number of benzene rings is 3. The van der Waals surface area contributed by atoms with E-state index >= 15 is 0 Å². The highest BCUT2D eigenvalue weighted by Crippen LogP contribution is 2.32. The first-order valence-corrected chi connectivity index (χ1v) is 12.8. The molecule has 0 saturated heterocycles. The lowest BCUT2D eigenvalue weighted by Gasteiger charge is -2.29. The molecule has 35 heavy (non-hydrogen) atoms. The summed E-state index contributed by atoms with van der Waals surface area (Å²) in [7, 11) is 0. The summed E-state index contributed by atoms with van der Waals surface area (Å²) in [6.07, 6.45) is 0. The molecule has 7 nitrogen and oxygen atoms in total. The first kappa shape index (κ1) is 23.3. The molecule has 9 heteroatoms. The zero-order valence-electron chi connectivity index (χ0n) is 19.2. The maximum Gasteiger partial charge on any atom is 0.244 e. The number of hydrogen-bond acceptors (Lipinski definition) is 5. The van der Waals surface area contributed by atoms with Crippen molar-refractivity contribution in [1.29, 1.82) is 0 Å². The standard InChI is InChI=1S/C26H22BrN5O2S/c1-16-11-17(2)13-20(12-16)32-25(18-7-9-19(27)10-8-18)29-30-26(32)35-15-24(34)31-14-23(33)28-21-5-3-4-6-22(21)31/h3-13H,14-15H2,1-2H3,(H,28,33). The van der Waals surface area contributed by atoms with Gasteiger partial charge in [0, 0.05) is 10.0 Å². The molecule has 0 spiro atoms. The molecule has 1 aliphatic heterocycles. The van der Waals surface area contributed by atoms with E-state index in [1.807, 2.05) is 47.0 Å². The van der Waals surface area contributed by atoms with E-state index in [1.165, 1.54) is 16.7 Å². The Kier molecular flexibility index (Phi) is 6.44. The van der Waals surface area contributed by atoms with E-state index < -0.39 is 0 Å². The van der Waals surface area contributed by atoms with Gasteiger partial charge in [-0.3, -0.25) is 14.2 Å². The fourth-order valence-electron chi connectivity index (χ4n) is 4.12. The minimum atomic E-state index is -0.210. The molecular formula is C26H22BrN5O2S. The number of thioether (sulfide) groups is 1. The number of fused-ring (bicyclic) bond motifs is 1. The Morgan fingerprint density at radius 3 is 2.49 bits per heavy atom. The van der Waals surface area contributed by atoms with E-state index in [9.17, 15) is 9.59 Å². The monoisotopic (exact) mass is 547 g/mol. The highest BCUT2D eigenvalue weighted by Gasteiger charge is 2.27. The Bertz CT molecular complexity index is 1410. The highest BCUT2D eigenvalue weighted by atomic mass is 79.9. The number of carbonyl (C=O) groups is 2.